The summed E-state index contributed by atoms with van der Waals surface area (Å²) < 4.78 is 296. The van der Waals surface area contributed by atoms with Crippen molar-refractivity contribution in [2.75, 3.05) is 5.88 Å². The molecule has 3 nitrogen and oxygen atoms in total. The van der Waals surface area contributed by atoms with Crippen molar-refractivity contribution >= 4 is 61.9 Å². The molecule has 0 aliphatic carbocycles. The summed E-state index contributed by atoms with van der Waals surface area (Å²) in [6, 6.07) is 18.5. The van der Waals surface area contributed by atoms with Crippen LogP contribution in [0.2, 0.25) is 0 Å². The van der Waals surface area contributed by atoms with Crippen LogP contribution in [0.25, 0.3) is 10.8 Å². The van der Waals surface area contributed by atoms with E-state index < -0.39 is 144 Å². The summed E-state index contributed by atoms with van der Waals surface area (Å²) in [5.41, 5.74) is -13.2. The SMILES string of the molecule is Fc1c(F)c(F)c([B-](c2c(F)c(F)c(F)c(F)c2F)(c2c(F)c(F)c(F)c(F)c2F)c2c(F)c(F)c(F)c(F)c2F)c(F)c1F.O=C(C[n+]1ccc2ccccc2c1C(=O)CCl)c1ccccc1. The molecule has 0 bridgehead atoms. The van der Waals surface area contributed by atoms with E-state index in [9.17, 15) is 62.3 Å². The fraction of sp³-hybridized carbons (Fsp3) is 0.0465. The van der Waals surface area contributed by atoms with Crippen LogP contribution in [0, 0.1) is 116 Å². The van der Waals surface area contributed by atoms with E-state index in [1.807, 2.05) is 48.5 Å². The molecule has 0 aliphatic rings. The molecule has 0 radical (unpaired) electrons. The lowest BCUT2D eigenvalue weighted by atomic mass is 9.12. The Morgan fingerprint density at radius 2 is 0.676 bits per heavy atom. The lowest BCUT2D eigenvalue weighted by molar-refractivity contribution is -0.683. The van der Waals surface area contributed by atoms with E-state index >= 15 is 35.1 Å². The molecule has 0 atom stereocenters. The Hall–Kier alpha value is -6.98. The van der Waals surface area contributed by atoms with E-state index in [-0.39, 0.29) is 24.0 Å². The molecule has 0 saturated carbocycles. The van der Waals surface area contributed by atoms with E-state index in [1.54, 1.807) is 22.9 Å². The molecular weight excluding hydrogens is 989 g/mol. The molecule has 0 fully saturated rings. The second-order valence-corrected chi connectivity index (χ2v) is 14.3. The summed E-state index contributed by atoms with van der Waals surface area (Å²) in [6.07, 6.45) is -5.45. The molecule has 354 valence electrons. The van der Waals surface area contributed by atoms with Crippen molar-refractivity contribution < 1.29 is 102 Å². The number of benzene rings is 6. The van der Waals surface area contributed by atoms with Crippen molar-refractivity contribution in [3.63, 3.8) is 0 Å². The molecule has 0 spiro atoms. The Balaban J connectivity index is 0.000000276. The molecule has 6 aromatic carbocycles. The maximum absolute atomic E-state index is 15.4. The third-order valence-corrected chi connectivity index (χ3v) is 10.7. The fourth-order valence-electron chi connectivity index (χ4n) is 7.51. The van der Waals surface area contributed by atoms with Gasteiger partial charge in [0.1, 0.15) is 52.7 Å². The van der Waals surface area contributed by atoms with Crippen molar-refractivity contribution in [2.45, 2.75) is 6.54 Å². The number of carbonyl (C=O) groups excluding carboxylic acids is 2. The van der Waals surface area contributed by atoms with Gasteiger partial charge in [0.25, 0.3) is 5.69 Å². The van der Waals surface area contributed by atoms with Crippen molar-refractivity contribution in [3.8, 4) is 0 Å². The maximum Gasteiger partial charge on any atom is 0.258 e. The Labute approximate surface area is 370 Å². The minimum atomic E-state index is -7.22. The summed E-state index contributed by atoms with van der Waals surface area (Å²) in [7, 11) is 0. The van der Waals surface area contributed by atoms with Gasteiger partial charge >= 0.3 is 0 Å². The molecule has 25 heteroatoms. The zero-order chi connectivity index (χ0) is 50.6. The minimum Gasteiger partial charge on any atom is -0.287 e. The number of aromatic nitrogens is 1. The van der Waals surface area contributed by atoms with E-state index in [1.165, 1.54) is 0 Å². The van der Waals surface area contributed by atoms with E-state index in [0.29, 0.717) is 11.3 Å². The van der Waals surface area contributed by atoms with Gasteiger partial charge in [-0.05, 0) is 11.5 Å². The highest BCUT2D eigenvalue weighted by molar-refractivity contribution is 7.20. The van der Waals surface area contributed by atoms with Crippen molar-refractivity contribution in [1.82, 2.24) is 0 Å². The van der Waals surface area contributed by atoms with Crippen LogP contribution in [0.15, 0.2) is 66.9 Å². The monoisotopic (exact) mass is 1000 g/mol. The normalized spacial score (nSPS) is 11.5. The number of carbonyl (C=O) groups is 2. The van der Waals surface area contributed by atoms with Crippen LogP contribution in [0.5, 0.6) is 0 Å². The first-order chi connectivity index (χ1) is 31.9. The van der Waals surface area contributed by atoms with Crippen molar-refractivity contribution in [1.29, 1.82) is 0 Å². The summed E-state index contributed by atoms with van der Waals surface area (Å²) in [5, 5.41) is 1.76. The van der Waals surface area contributed by atoms with Crippen LogP contribution in [0.1, 0.15) is 20.8 Å². The second-order valence-electron chi connectivity index (χ2n) is 14.0. The first-order valence-corrected chi connectivity index (χ1v) is 18.8. The lowest BCUT2D eigenvalue weighted by Gasteiger charge is -2.44. The summed E-state index contributed by atoms with van der Waals surface area (Å²) in [6.45, 7) is 0.104. The third kappa shape index (κ3) is 7.86. The molecule has 0 amide bonds. The molecule has 0 saturated heterocycles. The van der Waals surface area contributed by atoms with Gasteiger partial charge in [-0.25, -0.2) is 87.8 Å². The van der Waals surface area contributed by atoms with Gasteiger partial charge in [-0.2, -0.15) is 4.57 Å². The topological polar surface area (TPSA) is 38.0 Å². The predicted molar refractivity (Wildman–Crippen MR) is 199 cm³/mol. The Morgan fingerprint density at radius 1 is 0.382 bits per heavy atom. The smallest absolute Gasteiger partial charge is 0.258 e. The van der Waals surface area contributed by atoms with Gasteiger partial charge in [-0.3, -0.25) is 9.59 Å². The summed E-state index contributed by atoms with van der Waals surface area (Å²) in [4.78, 5) is 24.8. The number of pyridine rings is 1. The van der Waals surface area contributed by atoms with Gasteiger partial charge < -0.3 is 0 Å². The van der Waals surface area contributed by atoms with E-state index in [0.717, 1.165) is 10.8 Å². The molecule has 0 N–H and O–H groups in total. The van der Waals surface area contributed by atoms with Gasteiger partial charge in [-0.1, -0.05) is 48.5 Å². The number of hydrogen-bond donors (Lipinski definition) is 0. The van der Waals surface area contributed by atoms with Gasteiger partial charge in [0.05, 0.1) is 11.3 Å². The standard InChI is InChI=1S/C24BF20.C19H15ClNO2/c26-5-1(6(27)14(35)21(42)13(5)34)25(2-7(28)15(36)22(43)16(37)8(2)29,3-9(30)17(38)23(44)18(39)10(3)31)4-11(32)19(40)24(45)20(41)12(4)33;20-12-17(22)19-16-9-5-4-6-14(16)10-11-21(19)13-18(23)15-7-2-1-3-8-15/h;1-11H,12-13H2/q-1;+1. The Kier molecular flexibility index (Phi) is 14.1. The highest BCUT2D eigenvalue weighted by atomic mass is 35.5. The van der Waals surface area contributed by atoms with Crippen LogP contribution in [0.3, 0.4) is 0 Å². The molecule has 1 aromatic heterocycles. The number of fused-ring (bicyclic) bond motifs is 1. The number of ketones is 2. The average molecular weight is 1000 g/mol. The molecule has 7 rings (SSSR count). The molecular formula is C43H15BClF20NO2. The minimum absolute atomic E-state index is 0.0468. The first kappa shape index (κ1) is 50.4. The average Bonchev–Trinajstić information content (AvgIpc) is 3.33. The predicted octanol–water partition coefficient (Wildman–Crippen LogP) is 9.28. The highest BCUT2D eigenvalue weighted by Gasteiger charge is 2.52. The number of halogens is 21. The summed E-state index contributed by atoms with van der Waals surface area (Å²) in [5.74, 6) is -71.8. The molecule has 68 heavy (non-hydrogen) atoms. The quantitative estimate of drug-likeness (QED) is 0.0275. The van der Waals surface area contributed by atoms with E-state index in [4.69, 9.17) is 11.6 Å². The Morgan fingerprint density at radius 3 is 1.00 bits per heavy atom. The van der Waals surface area contributed by atoms with Crippen LogP contribution in [0.4, 0.5) is 87.8 Å². The number of Topliss-reactive ketones (excluding diaryl/α,β-unsaturated/α-hetero) is 2. The largest absolute Gasteiger partial charge is 0.287 e. The van der Waals surface area contributed by atoms with Crippen LogP contribution < -0.4 is 26.4 Å². The van der Waals surface area contributed by atoms with Crippen molar-refractivity contribution in [2.24, 2.45) is 0 Å². The van der Waals surface area contributed by atoms with Gasteiger partial charge in [0.15, 0.2) is 76.0 Å². The van der Waals surface area contributed by atoms with Gasteiger partial charge in [-0.15, -0.1) is 33.5 Å². The molecule has 7 aromatic rings. The zero-order valence-corrected chi connectivity index (χ0v) is 33.3. The molecule has 1 heterocycles. The van der Waals surface area contributed by atoms with Crippen LogP contribution in [-0.2, 0) is 6.54 Å². The number of alkyl halides is 1. The second kappa shape index (κ2) is 19.0. The zero-order valence-electron chi connectivity index (χ0n) is 32.5. The Bertz CT molecular complexity index is 2860. The third-order valence-electron chi connectivity index (χ3n) is 10.4. The number of rotatable bonds is 9. The summed E-state index contributed by atoms with van der Waals surface area (Å²) >= 11 is 5.76. The van der Waals surface area contributed by atoms with Crippen LogP contribution in [-0.4, -0.2) is 23.6 Å². The number of nitrogens with zero attached hydrogens (tertiary/aromatic N) is 1. The lowest BCUT2D eigenvalue weighted by Crippen LogP contribution is -2.81. The highest BCUT2D eigenvalue weighted by Crippen LogP contribution is 2.31. The van der Waals surface area contributed by atoms with Gasteiger partial charge in [0, 0.05) is 11.6 Å². The molecule has 0 unspecified atom stereocenters. The van der Waals surface area contributed by atoms with E-state index in [2.05, 4.69) is 0 Å². The fourth-order valence-corrected chi connectivity index (χ4v) is 7.63. The maximum atomic E-state index is 15.4. The first-order valence-electron chi connectivity index (χ1n) is 18.2. The van der Waals surface area contributed by atoms with Crippen molar-refractivity contribution in [3.05, 3.63) is 194 Å². The molecule has 0 aliphatic heterocycles. The van der Waals surface area contributed by atoms with Crippen LogP contribution >= 0.6 is 11.6 Å². The van der Waals surface area contributed by atoms with Gasteiger partial charge in [0.2, 0.25) is 18.1 Å². The number of hydrogen-bond acceptors (Lipinski definition) is 2.